The van der Waals surface area contributed by atoms with Crippen molar-refractivity contribution in [2.75, 3.05) is 0 Å². The fourth-order valence-electron chi connectivity index (χ4n) is 1.64. The molecule has 2 rings (SSSR count). The molecule has 0 radical (unpaired) electrons. The Morgan fingerprint density at radius 2 is 2.39 bits per heavy atom. The second kappa shape index (κ2) is 5.98. The van der Waals surface area contributed by atoms with Crippen molar-refractivity contribution in [3.63, 3.8) is 0 Å². The molecule has 0 aliphatic heterocycles. The lowest BCUT2D eigenvalue weighted by Gasteiger charge is -2.13. The number of nitrogens with one attached hydrogen (secondary N) is 1. The molecule has 0 saturated heterocycles. The highest BCUT2D eigenvalue weighted by molar-refractivity contribution is 7.09. The third-order valence-corrected chi connectivity index (χ3v) is 3.68. The van der Waals surface area contributed by atoms with E-state index in [-0.39, 0.29) is 11.9 Å². The topological polar surface area (TPSA) is 42.0 Å². The Morgan fingerprint density at radius 1 is 1.56 bits per heavy atom. The van der Waals surface area contributed by atoms with Gasteiger partial charge in [-0.15, -0.1) is 11.3 Å². The fraction of sp³-hybridized carbons (Fsp3) is 0.231. The molecule has 18 heavy (non-hydrogen) atoms. The number of thiophene rings is 1. The van der Waals surface area contributed by atoms with E-state index in [4.69, 9.17) is 11.6 Å². The van der Waals surface area contributed by atoms with Gasteiger partial charge in [-0.1, -0.05) is 17.7 Å². The average molecular weight is 281 g/mol. The van der Waals surface area contributed by atoms with Gasteiger partial charge in [-0.25, -0.2) is 0 Å². The number of carbonyl (C=O) groups is 1. The van der Waals surface area contributed by atoms with Crippen molar-refractivity contribution >= 4 is 28.8 Å². The maximum atomic E-state index is 12.0. The summed E-state index contributed by atoms with van der Waals surface area (Å²) in [4.78, 5) is 17.1. The Balaban J connectivity index is 1.97. The summed E-state index contributed by atoms with van der Waals surface area (Å²) in [5, 5.41) is 5.34. The van der Waals surface area contributed by atoms with Gasteiger partial charge in [0.05, 0.1) is 10.6 Å². The minimum absolute atomic E-state index is 0.0698. The maximum absolute atomic E-state index is 12.0. The number of halogens is 1. The van der Waals surface area contributed by atoms with E-state index in [0.717, 1.165) is 6.42 Å². The molecule has 0 aliphatic carbocycles. The standard InChI is InChI=1S/C13H13ClN2OS/c1-9(7-10-3-2-6-18-10)16-13(17)11-4-5-15-8-12(11)14/h2-6,8-9H,7H2,1H3,(H,16,17). The van der Waals surface area contributed by atoms with E-state index in [1.54, 1.807) is 23.6 Å². The van der Waals surface area contributed by atoms with E-state index in [0.29, 0.717) is 10.6 Å². The van der Waals surface area contributed by atoms with Gasteiger partial charge in [-0.05, 0) is 24.4 Å². The molecule has 2 heterocycles. The number of carbonyl (C=O) groups excluding carboxylic acids is 1. The van der Waals surface area contributed by atoms with Crippen LogP contribution >= 0.6 is 22.9 Å². The predicted molar refractivity (Wildman–Crippen MR) is 74.2 cm³/mol. The smallest absolute Gasteiger partial charge is 0.253 e. The van der Waals surface area contributed by atoms with E-state index in [1.807, 2.05) is 18.4 Å². The lowest BCUT2D eigenvalue weighted by Crippen LogP contribution is -2.34. The number of aromatic nitrogens is 1. The summed E-state index contributed by atoms with van der Waals surface area (Å²) in [5.41, 5.74) is 0.463. The van der Waals surface area contributed by atoms with Crippen molar-refractivity contribution in [1.82, 2.24) is 10.3 Å². The highest BCUT2D eigenvalue weighted by Gasteiger charge is 2.13. The molecule has 94 valence electrons. The van der Waals surface area contributed by atoms with Crippen molar-refractivity contribution in [3.8, 4) is 0 Å². The minimum Gasteiger partial charge on any atom is -0.349 e. The van der Waals surface area contributed by atoms with Gasteiger partial charge in [0, 0.05) is 29.7 Å². The van der Waals surface area contributed by atoms with E-state index >= 15 is 0 Å². The normalized spacial score (nSPS) is 12.1. The first-order valence-electron chi connectivity index (χ1n) is 5.59. The van der Waals surface area contributed by atoms with Crippen LogP contribution in [0.5, 0.6) is 0 Å². The van der Waals surface area contributed by atoms with Crippen molar-refractivity contribution in [3.05, 3.63) is 51.4 Å². The predicted octanol–water partition coefficient (Wildman–Crippen LogP) is 3.16. The highest BCUT2D eigenvalue weighted by atomic mass is 35.5. The number of hydrogen-bond acceptors (Lipinski definition) is 3. The number of amides is 1. The molecule has 1 N–H and O–H groups in total. The molecule has 1 unspecified atom stereocenters. The Bertz CT molecular complexity index is 528. The largest absolute Gasteiger partial charge is 0.349 e. The quantitative estimate of drug-likeness (QED) is 0.935. The Labute approximate surface area is 115 Å². The molecule has 0 aliphatic rings. The number of rotatable bonds is 4. The zero-order valence-corrected chi connectivity index (χ0v) is 11.5. The van der Waals surface area contributed by atoms with Gasteiger partial charge in [-0.2, -0.15) is 0 Å². The molecule has 3 nitrogen and oxygen atoms in total. The number of hydrogen-bond donors (Lipinski definition) is 1. The molecule has 0 spiro atoms. The average Bonchev–Trinajstić information content (AvgIpc) is 2.82. The van der Waals surface area contributed by atoms with Crippen LogP contribution < -0.4 is 5.32 Å². The van der Waals surface area contributed by atoms with Crippen LogP contribution in [0.25, 0.3) is 0 Å². The van der Waals surface area contributed by atoms with Gasteiger partial charge in [0.15, 0.2) is 0 Å². The Kier molecular flexibility index (Phi) is 4.33. The van der Waals surface area contributed by atoms with E-state index in [1.165, 1.54) is 11.1 Å². The van der Waals surface area contributed by atoms with Crippen molar-refractivity contribution < 1.29 is 4.79 Å². The maximum Gasteiger partial charge on any atom is 0.253 e. The lowest BCUT2D eigenvalue weighted by atomic mass is 10.2. The summed E-state index contributed by atoms with van der Waals surface area (Å²) < 4.78 is 0. The first-order chi connectivity index (χ1) is 8.66. The second-order valence-corrected chi connectivity index (χ2v) is 5.45. The third kappa shape index (κ3) is 3.31. The fourth-order valence-corrected chi connectivity index (χ4v) is 2.68. The van der Waals surface area contributed by atoms with Crippen LogP contribution in [0.3, 0.4) is 0 Å². The van der Waals surface area contributed by atoms with E-state index in [9.17, 15) is 4.79 Å². The van der Waals surface area contributed by atoms with Gasteiger partial charge in [-0.3, -0.25) is 9.78 Å². The SMILES string of the molecule is CC(Cc1cccs1)NC(=O)c1ccncc1Cl. The third-order valence-electron chi connectivity index (χ3n) is 2.48. The number of nitrogens with zero attached hydrogens (tertiary/aromatic N) is 1. The molecule has 0 fully saturated rings. The molecule has 2 aromatic rings. The summed E-state index contributed by atoms with van der Waals surface area (Å²) in [6.07, 6.45) is 3.86. The van der Waals surface area contributed by atoms with Crippen LogP contribution in [0.2, 0.25) is 5.02 Å². The van der Waals surface area contributed by atoms with Crippen molar-refractivity contribution in [2.45, 2.75) is 19.4 Å². The number of pyridine rings is 1. The molecular formula is C13H13ClN2OS. The van der Waals surface area contributed by atoms with Gasteiger partial charge in [0.1, 0.15) is 0 Å². The first kappa shape index (κ1) is 13.1. The molecule has 1 amide bonds. The van der Waals surface area contributed by atoms with Crippen LogP contribution in [0.1, 0.15) is 22.2 Å². The van der Waals surface area contributed by atoms with Crippen molar-refractivity contribution in [1.29, 1.82) is 0 Å². The van der Waals surface area contributed by atoms with Crippen LogP contribution in [-0.2, 0) is 6.42 Å². The monoisotopic (exact) mass is 280 g/mol. The molecule has 5 heteroatoms. The molecule has 0 bridgehead atoms. The highest BCUT2D eigenvalue weighted by Crippen LogP contribution is 2.14. The van der Waals surface area contributed by atoms with Crippen LogP contribution in [0.15, 0.2) is 36.0 Å². The van der Waals surface area contributed by atoms with E-state index in [2.05, 4.69) is 16.4 Å². The Morgan fingerprint density at radius 3 is 3.06 bits per heavy atom. The summed E-state index contributed by atoms with van der Waals surface area (Å²) in [6, 6.07) is 5.76. The molecule has 1 atom stereocenters. The van der Waals surface area contributed by atoms with Crippen LogP contribution in [0, 0.1) is 0 Å². The van der Waals surface area contributed by atoms with Crippen LogP contribution in [0.4, 0.5) is 0 Å². The zero-order chi connectivity index (χ0) is 13.0. The van der Waals surface area contributed by atoms with Gasteiger partial charge in [0.2, 0.25) is 0 Å². The van der Waals surface area contributed by atoms with E-state index < -0.39 is 0 Å². The molecule has 0 aromatic carbocycles. The molecule has 2 aromatic heterocycles. The summed E-state index contributed by atoms with van der Waals surface area (Å²) in [6.45, 7) is 1.98. The first-order valence-corrected chi connectivity index (χ1v) is 6.85. The minimum atomic E-state index is -0.161. The van der Waals surface area contributed by atoms with Crippen molar-refractivity contribution in [2.24, 2.45) is 0 Å². The second-order valence-electron chi connectivity index (χ2n) is 4.01. The van der Waals surface area contributed by atoms with Gasteiger partial charge in [0.25, 0.3) is 5.91 Å². The Hall–Kier alpha value is -1.39. The molecule has 0 saturated carbocycles. The summed E-state index contributed by atoms with van der Waals surface area (Å²) in [5.74, 6) is -0.161. The van der Waals surface area contributed by atoms with Gasteiger partial charge >= 0.3 is 0 Å². The summed E-state index contributed by atoms with van der Waals surface area (Å²) in [7, 11) is 0. The van der Waals surface area contributed by atoms with Crippen LogP contribution in [-0.4, -0.2) is 16.9 Å². The van der Waals surface area contributed by atoms with Gasteiger partial charge < -0.3 is 5.32 Å². The molecular weight excluding hydrogens is 268 g/mol. The summed E-state index contributed by atoms with van der Waals surface area (Å²) >= 11 is 7.61. The lowest BCUT2D eigenvalue weighted by molar-refractivity contribution is 0.0940. The zero-order valence-electron chi connectivity index (χ0n) is 9.89.